The average molecular weight is 263 g/mol. The third-order valence-electron chi connectivity index (χ3n) is 4.04. The standard InChI is InChI=1S/C15H25N3O/c1-11-8-15(19-4)17-12(2)14(11)10-18-7-5-6-13(9-18)16-3/h8,13,16H,5-7,9-10H2,1-4H3. The van der Waals surface area contributed by atoms with Crippen molar-refractivity contribution < 1.29 is 4.74 Å². The molecule has 1 aromatic rings. The van der Waals surface area contributed by atoms with E-state index in [2.05, 4.69) is 36.1 Å². The summed E-state index contributed by atoms with van der Waals surface area (Å²) in [5, 5.41) is 3.39. The summed E-state index contributed by atoms with van der Waals surface area (Å²) in [7, 11) is 3.72. The van der Waals surface area contributed by atoms with Crippen LogP contribution in [0.2, 0.25) is 0 Å². The molecule has 2 rings (SSSR count). The van der Waals surface area contributed by atoms with Crippen LogP contribution < -0.4 is 10.1 Å². The van der Waals surface area contributed by atoms with Crippen molar-refractivity contribution in [3.63, 3.8) is 0 Å². The Labute approximate surface area is 116 Å². The highest BCUT2D eigenvalue weighted by Gasteiger charge is 2.20. The van der Waals surface area contributed by atoms with Crippen molar-refractivity contribution in [3.05, 3.63) is 22.9 Å². The van der Waals surface area contributed by atoms with Crippen molar-refractivity contribution in [1.29, 1.82) is 0 Å². The van der Waals surface area contributed by atoms with Crippen LogP contribution in [0.4, 0.5) is 0 Å². The minimum absolute atomic E-state index is 0.626. The lowest BCUT2D eigenvalue weighted by Crippen LogP contribution is -2.44. The van der Waals surface area contributed by atoms with E-state index in [1.165, 1.54) is 30.5 Å². The molecular weight excluding hydrogens is 238 g/mol. The first kappa shape index (κ1) is 14.3. The molecule has 1 aliphatic rings. The summed E-state index contributed by atoms with van der Waals surface area (Å²) >= 11 is 0. The zero-order chi connectivity index (χ0) is 13.8. The average Bonchev–Trinajstić information content (AvgIpc) is 2.42. The molecule has 1 N–H and O–H groups in total. The molecular formula is C15H25N3O. The van der Waals surface area contributed by atoms with Gasteiger partial charge in [0.25, 0.3) is 0 Å². The first-order valence-corrected chi connectivity index (χ1v) is 7.04. The van der Waals surface area contributed by atoms with E-state index in [0.29, 0.717) is 11.9 Å². The van der Waals surface area contributed by atoms with Crippen LogP contribution >= 0.6 is 0 Å². The Morgan fingerprint density at radius 3 is 2.89 bits per heavy atom. The number of likely N-dealkylation sites (N-methyl/N-ethyl adjacent to an activating group) is 1. The van der Waals surface area contributed by atoms with Crippen LogP contribution in [0.3, 0.4) is 0 Å². The van der Waals surface area contributed by atoms with E-state index in [1.807, 2.05) is 6.07 Å². The van der Waals surface area contributed by atoms with Gasteiger partial charge in [-0.25, -0.2) is 4.98 Å². The second-order valence-corrected chi connectivity index (χ2v) is 5.41. The Balaban J connectivity index is 2.10. The number of ether oxygens (including phenoxy) is 1. The van der Waals surface area contributed by atoms with Crippen molar-refractivity contribution >= 4 is 0 Å². The van der Waals surface area contributed by atoms with Gasteiger partial charge in [0.1, 0.15) is 0 Å². The third kappa shape index (κ3) is 3.45. The number of hydrogen-bond donors (Lipinski definition) is 1. The molecule has 1 aromatic heterocycles. The Morgan fingerprint density at radius 2 is 2.26 bits per heavy atom. The molecule has 19 heavy (non-hydrogen) atoms. The van der Waals surface area contributed by atoms with Crippen molar-refractivity contribution in [2.75, 3.05) is 27.2 Å². The second kappa shape index (κ2) is 6.35. The maximum absolute atomic E-state index is 5.22. The molecule has 2 heterocycles. The number of aryl methyl sites for hydroxylation is 2. The fraction of sp³-hybridized carbons (Fsp3) is 0.667. The minimum Gasteiger partial charge on any atom is -0.481 e. The highest BCUT2D eigenvalue weighted by atomic mass is 16.5. The Kier molecular flexibility index (Phi) is 4.77. The van der Waals surface area contributed by atoms with Crippen LogP contribution in [0.1, 0.15) is 29.7 Å². The van der Waals surface area contributed by atoms with Gasteiger partial charge < -0.3 is 10.1 Å². The molecule has 4 nitrogen and oxygen atoms in total. The van der Waals surface area contributed by atoms with Gasteiger partial charge in [-0.15, -0.1) is 0 Å². The van der Waals surface area contributed by atoms with E-state index in [-0.39, 0.29) is 0 Å². The van der Waals surface area contributed by atoms with Gasteiger partial charge in [-0.05, 0) is 51.4 Å². The zero-order valence-electron chi connectivity index (χ0n) is 12.5. The lowest BCUT2D eigenvalue weighted by molar-refractivity contribution is 0.187. The van der Waals surface area contributed by atoms with Gasteiger partial charge in [-0.3, -0.25) is 4.90 Å². The SMILES string of the molecule is CNC1CCCN(Cc2c(C)cc(OC)nc2C)C1. The van der Waals surface area contributed by atoms with E-state index in [9.17, 15) is 0 Å². The predicted molar refractivity (Wildman–Crippen MR) is 77.6 cm³/mol. The third-order valence-corrected chi connectivity index (χ3v) is 4.04. The highest BCUT2D eigenvalue weighted by Crippen LogP contribution is 2.21. The predicted octanol–water partition coefficient (Wildman–Crippen LogP) is 1.89. The van der Waals surface area contributed by atoms with Crippen molar-refractivity contribution in [1.82, 2.24) is 15.2 Å². The molecule has 1 fully saturated rings. The molecule has 0 saturated carbocycles. The molecule has 0 aromatic carbocycles. The van der Waals surface area contributed by atoms with E-state index < -0.39 is 0 Å². The number of aromatic nitrogens is 1. The lowest BCUT2D eigenvalue weighted by Gasteiger charge is -2.33. The van der Waals surface area contributed by atoms with E-state index in [1.54, 1.807) is 7.11 Å². The van der Waals surface area contributed by atoms with Crippen LogP contribution in [0.25, 0.3) is 0 Å². The van der Waals surface area contributed by atoms with E-state index >= 15 is 0 Å². The maximum Gasteiger partial charge on any atom is 0.213 e. The van der Waals surface area contributed by atoms with Crippen molar-refractivity contribution in [2.45, 2.75) is 39.3 Å². The number of nitrogens with zero attached hydrogens (tertiary/aromatic N) is 2. The minimum atomic E-state index is 0.626. The molecule has 106 valence electrons. The summed E-state index contributed by atoms with van der Waals surface area (Å²) in [6.07, 6.45) is 2.55. The van der Waals surface area contributed by atoms with Gasteiger partial charge in [-0.2, -0.15) is 0 Å². The van der Waals surface area contributed by atoms with Crippen LogP contribution in [0.5, 0.6) is 5.88 Å². The monoisotopic (exact) mass is 263 g/mol. The second-order valence-electron chi connectivity index (χ2n) is 5.41. The number of methoxy groups -OCH3 is 1. The lowest BCUT2D eigenvalue weighted by atomic mass is 10.0. The number of pyridine rings is 1. The number of nitrogens with one attached hydrogen (secondary N) is 1. The van der Waals surface area contributed by atoms with Crippen LogP contribution in [0, 0.1) is 13.8 Å². The summed E-state index contributed by atoms with van der Waals surface area (Å²) in [5.41, 5.74) is 3.71. The first-order valence-electron chi connectivity index (χ1n) is 7.04. The molecule has 0 radical (unpaired) electrons. The van der Waals surface area contributed by atoms with E-state index in [0.717, 1.165) is 18.8 Å². The molecule has 4 heteroatoms. The largest absolute Gasteiger partial charge is 0.481 e. The molecule has 1 unspecified atom stereocenters. The van der Waals surface area contributed by atoms with Crippen LogP contribution in [-0.2, 0) is 6.54 Å². The maximum atomic E-state index is 5.22. The molecule has 0 spiro atoms. The molecule has 1 aliphatic heterocycles. The highest BCUT2D eigenvalue weighted by molar-refractivity contribution is 5.33. The van der Waals surface area contributed by atoms with Gasteiger partial charge in [0.05, 0.1) is 7.11 Å². The number of rotatable bonds is 4. The fourth-order valence-corrected chi connectivity index (χ4v) is 2.82. The van der Waals surface area contributed by atoms with Crippen molar-refractivity contribution in [2.24, 2.45) is 0 Å². The Bertz CT molecular complexity index is 410. The van der Waals surface area contributed by atoms with Gasteiger partial charge in [0.2, 0.25) is 5.88 Å². The normalized spacial score (nSPS) is 20.5. The Morgan fingerprint density at radius 1 is 1.47 bits per heavy atom. The van der Waals surface area contributed by atoms with Crippen LogP contribution in [-0.4, -0.2) is 43.2 Å². The molecule has 0 aliphatic carbocycles. The van der Waals surface area contributed by atoms with Crippen molar-refractivity contribution in [3.8, 4) is 5.88 Å². The van der Waals surface area contributed by atoms with Gasteiger partial charge in [0, 0.05) is 30.9 Å². The summed E-state index contributed by atoms with van der Waals surface area (Å²) in [6, 6.07) is 2.66. The summed E-state index contributed by atoms with van der Waals surface area (Å²) in [4.78, 5) is 7.01. The summed E-state index contributed by atoms with van der Waals surface area (Å²) < 4.78 is 5.22. The quantitative estimate of drug-likeness (QED) is 0.900. The van der Waals surface area contributed by atoms with E-state index in [4.69, 9.17) is 4.74 Å². The van der Waals surface area contributed by atoms with Crippen LogP contribution in [0.15, 0.2) is 6.07 Å². The zero-order valence-corrected chi connectivity index (χ0v) is 12.5. The molecule has 0 amide bonds. The van der Waals surface area contributed by atoms with Gasteiger partial charge >= 0.3 is 0 Å². The number of hydrogen-bond acceptors (Lipinski definition) is 4. The number of piperidine rings is 1. The van der Waals surface area contributed by atoms with Gasteiger partial charge in [-0.1, -0.05) is 0 Å². The van der Waals surface area contributed by atoms with Gasteiger partial charge in [0.15, 0.2) is 0 Å². The number of likely N-dealkylation sites (tertiary alicyclic amines) is 1. The Hall–Kier alpha value is -1.13. The smallest absolute Gasteiger partial charge is 0.213 e. The fourth-order valence-electron chi connectivity index (χ4n) is 2.82. The summed E-state index contributed by atoms with van der Waals surface area (Å²) in [6.45, 7) is 7.52. The molecule has 0 bridgehead atoms. The molecule has 1 saturated heterocycles. The topological polar surface area (TPSA) is 37.4 Å². The summed E-state index contributed by atoms with van der Waals surface area (Å²) in [5.74, 6) is 0.713. The first-order chi connectivity index (χ1) is 9.13. The molecule has 1 atom stereocenters.